The molecular formula is C29H58N2O6. The fraction of sp³-hybridized carbons (Fsp3) is 0.897. The summed E-state index contributed by atoms with van der Waals surface area (Å²) in [7, 11) is 0. The van der Waals surface area contributed by atoms with Gasteiger partial charge in [-0.3, -0.25) is 4.79 Å². The van der Waals surface area contributed by atoms with E-state index in [1.54, 1.807) is 0 Å². The first-order chi connectivity index (χ1) is 17.9. The summed E-state index contributed by atoms with van der Waals surface area (Å²) in [5.41, 5.74) is 2.73. The van der Waals surface area contributed by atoms with Crippen LogP contribution in [0.15, 0.2) is 0 Å². The zero-order valence-electron chi connectivity index (χ0n) is 24.5. The van der Waals surface area contributed by atoms with E-state index in [9.17, 15) is 14.4 Å². The monoisotopic (exact) mass is 530 g/mol. The first-order valence-corrected chi connectivity index (χ1v) is 15.1. The second-order valence-electron chi connectivity index (χ2n) is 9.67. The van der Waals surface area contributed by atoms with Crippen LogP contribution in [0.2, 0.25) is 0 Å². The number of hydrogen-bond acceptors (Lipinski definition) is 6. The molecule has 0 atom stereocenters. The van der Waals surface area contributed by atoms with Crippen molar-refractivity contribution in [2.75, 3.05) is 13.1 Å². The number of amides is 1. The molecule has 0 radical (unpaired) electrons. The van der Waals surface area contributed by atoms with Gasteiger partial charge in [0.15, 0.2) is 0 Å². The van der Waals surface area contributed by atoms with Gasteiger partial charge in [-0.1, -0.05) is 118 Å². The van der Waals surface area contributed by atoms with Gasteiger partial charge in [0, 0.05) is 19.4 Å². The zero-order chi connectivity index (χ0) is 28.0. The summed E-state index contributed by atoms with van der Waals surface area (Å²) < 4.78 is 0. The van der Waals surface area contributed by atoms with Crippen molar-refractivity contribution in [3.63, 3.8) is 0 Å². The van der Waals surface area contributed by atoms with Crippen molar-refractivity contribution in [3.05, 3.63) is 0 Å². The fourth-order valence-electron chi connectivity index (χ4n) is 3.58. The molecule has 0 heterocycles. The molecule has 0 rings (SSSR count). The molecule has 0 bridgehead atoms. The maximum atomic E-state index is 11.6. The van der Waals surface area contributed by atoms with E-state index in [1.165, 1.54) is 57.8 Å². The van der Waals surface area contributed by atoms with Crippen LogP contribution in [0.4, 0.5) is 4.79 Å². The van der Waals surface area contributed by atoms with Crippen molar-refractivity contribution < 1.29 is 29.2 Å². The molecule has 0 saturated heterocycles. The van der Waals surface area contributed by atoms with Crippen LogP contribution in [0.25, 0.3) is 0 Å². The third-order valence-corrected chi connectivity index (χ3v) is 5.93. The molecule has 0 aliphatic rings. The Bertz CT molecular complexity index is 531. The van der Waals surface area contributed by atoms with Crippen molar-refractivity contribution in [3.8, 4) is 0 Å². The predicted octanol–water partition coefficient (Wildman–Crippen LogP) is 8.34. The van der Waals surface area contributed by atoms with E-state index in [4.69, 9.17) is 14.8 Å². The quantitative estimate of drug-likeness (QED) is 0.101. The zero-order valence-corrected chi connectivity index (χ0v) is 24.5. The number of carbonyl (C=O) groups excluding carboxylic acids is 2. The minimum atomic E-state index is -1.20. The Morgan fingerprint density at radius 3 is 1.54 bits per heavy atom. The number of hydroxylamine groups is 3. The van der Waals surface area contributed by atoms with Crippen LogP contribution in [-0.2, 0) is 19.3 Å². The Balaban J connectivity index is 0. The van der Waals surface area contributed by atoms with Crippen molar-refractivity contribution in [2.24, 2.45) is 0 Å². The van der Waals surface area contributed by atoms with Gasteiger partial charge < -0.3 is 14.8 Å². The van der Waals surface area contributed by atoms with Gasteiger partial charge in [0.2, 0.25) is 0 Å². The lowest BCUT2D eigenvalue weighted by Crippen LogP contribution is -2.33. The molecular weight excluding hydrogens is 472 g/mol. The number of rotatable bonds is 23. The van der Waals surface area contributed by atoms with E-state index in [0.717, 1.165) is 63.0 Å². The van der Waals surface area contributed by atoms with E-state index in [0.29, 0.717) is 19.3 Å². The molecule has 0 aromatic heterocycles. The Hall–Kier alpha value is -1.83. The molecule has 0 aromatic carbocycles. The van der Waals surface area contributed by atoms with Gasteiger partial charge in [-0.25, -0.2) is 9.59 Å². The molecule has 8 heteroatoms. The van der Waals surface area contributed by atoms with Crippen LogP contribution in [0.3, 0.4) is 0 Å². The second-order valence-corrected chi connectivity index (χ2v) is 9.67. The summed E-state index contributed by atoms with van der Waals surface area (Å²) >= 11 is 0. The lowest BCUT2D eigenvalue weighted by molar-refractivity contribution is -0.180. The molecule has 0 aromatic rings. The standard InChI is InChI=1S/C15H29NO4.C14H29NO2/c1-3-5-7-8-9-10-12-14(17)20-16(15(18)19)13-11-6-4-2;1-3-5-7-8-9-10-12-14(16)17-15-13-11-6-4-2/h3-13H2,1-2H3,(H,18,19);15H,3-13H2,1-2H3. The molecule has 0 fully saturated rings. The largest absolute Gasteiger partial charge is 0.463 e. The van der Waals surface area contributed by atoms with Gasteiger partial charge in [-0.2, -0.15) is 5.48 Å². The SMILES string of the molecule is CCCCCCCCC(=O)ON(CCCCC)C(=O)O.CCCCCCCCC(=O)ONCCCCC. The molecule has 2 N–H and O–H groups in total. The third-order valence-electron chi connectivity index (χ3n) is 5.93. The Labute approximate surface area is 227 Å². The van der Waals surface area contributed by atoms with Gasteiger partial charge >= 0.3 is 18.0 Å². The van der Waals surface area contributed by atoms with Gasteiger partial charge in [0.05, 0.1) is 6.54 Å². The van der Waals surface area contributed by atoms with Crippen molar-refractivity contribution >= 4 is 18.0 Å². The van der Waals surface area contributed by atoms with Crippen molar-refractivity contribution in [1.29, 1.82) is 0 Å². The van der Waals surface area contributed by atoms with Gasteiger partial charge in [-0.15, -0.1) is 5.06 Å². The number of carboxylic acid groups (broad SMARTS) is 1. The fourth-order valence-corrected chi connectivity index (χ4v) is 3.58. The Morgan fingerprint density at radius 2 is 1.03 bits per heavy atom. The maximum Gasteiger partial charge on any atom is 0.440 e. The molecule has 0 aliphatic heterocycles. The van der Waals surface area contributed by atoms with Gasteiger partial charge in [0.1, 0.15) is 0 Å². The topological polar surface area (TPSA) is 105 Å². The number of nitrogens with one attached hydrogen (secondary N) is 1. The highest BCUT2D eigenvalue weighted by atomic mass is 16.7. The van der Waals surface area contributed by atoms with Crippen molar-refractivity contribution in [2.45, 2.75) is 156 Å². The van der Waals surface area contributed by atoms with Crippen LogP contribution in [0.1, 0.15) is 156 Å². The molecule has 37 heavy (non-hydrogen) atoms. The van der Waals surface area contributed by atoms with Crippen LogP contribution >= 0.6 is 0 Å². The minimum absolute atomic E-state index is 0.114. The smallest absolute Gasteiger partial charge is 0.440 e. The number of unbranched alkanes of at least 4 members (excludes halogenated alkanes) is 14. The molecule has 0 aliphatic carbocycles. The van der Waals surface area contributed by atoms with E-state index in [-0.39, 0.29) is 12.5 Å². The highest BCUT2D eigenvalue weighted by Crippen LogP contribution is 2.09. The summed E-state index contributed by atoms with van der Waals surface area (Å²) in [6.45, 7) is 9.60. The van der Waals surface area contributed by atoms with Crippen LogP contribution < -0.4 is 5.48 Å². The average molecular weight is 531 g/mol. The van der Waals surface area contributed by atoms with E-state index in [2.05, 4.69) is 26.3 Å². The molecule has 220 valence electrons. The van der Waals surface area contributed by atoms with Crippen LogP contribution in [-0.4, -0.2) is 41.3 Å². The summed E-state index contributed by atoms with van der Waals surface area (Å²) in [6, 6.07) is 0. The normalized spacial score (nSPS) is 10.4. The number of carbonyl (C=O) groups is 3. The molecule has 8 nitrogen and oxygen atoms in total. The van der Waals surface area contributed by atoms with Gasteiger partial charge in [-0.05, 0) is 25.7 Å². The maximum absolute atomic E-state index is 11.6. The Kier molecular flexibility index (Phi) is 30.7. The summed E-state index contributed by atoms with van der Waals surface area (Å²) in [6.07, 6.45) is 19.5. The highest BCUT2D eigenvalue weighted by molar-refractivity contribution is 5.72. The van der Waals surface area contributed by atoms with E-state index in [1.807, 2.05) is 6.92 Å². The summed E-state index contributed by atoms with van der Waals surface area (Å²) in [5.74, 6) is -0.559. The molecule has 0 saturated carbocycles. The van der Waals surface area contributed by atoms with E-state index >= 15 is 0 Å². The third kappa shape index (κ3) is 30.3. The van der Waals surface area contributed by atoms with Crippen LogP contribution in [0.5, 0.6) is 0 Å². The first-order valence-electron chi connectivity index (χ1n) is 15.1. The summed E-state index contributed by atoms with van der Waals surface area (Å²) in [5, 5.41) is 9.70. The Morgan fingerprint density at radius 1 is 0.595 bits per heavy atom. The van der Waals surface area contributed by atoms with Crippen LogP contribution in [0, 0.1) is 0 Å². The lowest BCUT2D eigenvalue weighted by Gasteiger charge is -2.17. The first kappa shape index (κ1) is 37.3. The second kappa shape index (κ2) is 30.4. The highest BCUT2D eigenvalue weighted by Gasteiger charge is 2.16. The minimum Gasteiger partial charge on any atom is -0.463 e. The predicted molar refractivity (Wildman–Crippen MR) is 150 cm³/mol. The lowest BCUT2D eigenvalue weighted by atomic mass is 10.1. The van der Waals surface area contributed by atoms with E-state index < -0.39 is 12.1 Å². The van der Waals surface area contributed by atoms with Gasteiger partial charge in [0.25, 0.3) is 0 Å². The molecule has 0 unspecified atom stereocenters. The molecule has 1 amide bonds. The van der Waals surface area contributed by atoms with Crippen molar-refractivity contribution in [1.82, 2.24) is 10.5 Å². The number of hydrogen-bond donors (Lipinski definition) is 2. The number of nitrogens with zero attached hydrogens (tertiary/aromatic N) is 1. The summed E-state index contributed by atoms with van der Waals surface area (Å²) in [4.78, 5) is 43.6. The molecule has 0 spiro atoms. The average Bonchev–Trinajstić information content (AvgIpc) is 2.88.